The molecule has 0 aromatic rings. The molecule has 0 heterocycles. The predicted octanol–water partition coefficient (Wildman–Crippen LogP) is 5.51. The van der Waals surface area contributed by atoms with Crippen LogP contribution in [0.1, 0.15) is 118 Å². The minimum absolute atomic E-state index is 0.902. The fourth-order valence-electron chi connectivity index (χ4n) is 3.02. The molecule has 0 spiro atoms. The van der Waals surface area contributed by atoms with Crippen molar-refractivity contribution < 1.29 is 24.5 Å². The molecular formula is C24H47NaO5. The molecule has 0 aliphatic carbocycles. The van der Waals surface area contributed by atoms with E-state index in [2.05, 4.69) is 18.6 Å². The van der Waals surface area contributed by atoms with Crippen LogP contribution in [-0.4, -0.2) is 62.3 Å². The molecular weight excluding hydrogens is 391 g/mol. The number of unbranched alkanes of at least 4 members (excludes halogenated alkanes) is 12. The zero-order valence-corrected chi connectivity index (χ0v) is 22.5. The van der Waals surface area contributed by atoms with Gasteiger partial charge in [0.2, 0.25) is 0 Å². The number of aliphatic hydroxyl groups excluding tert-OH is 2. The van der Waals surface area contributed by atoms with Gasteiger partial charge in [0.15, 0.2) is 0 Å². The maximum Gasteiger partial charge on any atom is 0.342 e. The maximum absolute atomic E-state index is 10.5. The van der Waals surface area contributed by atoms with Crippen molar-refractivity contribution >= 4 is 39.9 Å². The Morgan fingerprint density at radius 3 is 1.20 bits per heavy atom. The van der Waals surface area contributed by atoms with Gasteiger partial charge in [-0.3, -0.25) is 0 Å². The van der Waals surface area contributed by atoms with Crippen LogP contribution >= 0.6 is 0 Å². The quantitative estimate of drug-likeness (QED) is 0.135. The van der Waals surface area contributed by atoms with Crippen molar-refractivity contribution in [3.05, 3.63) is 0 Å². The van der Waals surface area contributed by atoms with Gasteiger partial charge in [-0.15, -0.1) is 0 Å². The summed E-state index contributed by atoms with van der Waals surface area (Å²) in [7, 11) is 0. The molecule has 0 aliphatic rings. The summed E-state index contributed by atoms with van der Waals surface area (Å²) in [6.07, 6.45) is 18.1. The summed E-state index contributed by atoms with van der Waals surface area (Å²) in [6.45, 7) is 7.00. The minimum atomic E-state index is -1.35. The van der Waals surface area contributed by atoms with Gasteiger partial charge < -0.3 is 14.9 Å². The number of carbonyl (C=O) groups excluding carboxylic acids is 2. The molecule has 0 rings (SSSR count). The topological polar surface area (TPSA) is 83.8 Å². The average molecular weight is 439 g/mol. The van der Waals surface area contributed by atoms with E-state index in [1.54, 1.807) is 0 Å². The number of aliphatic hydroxyl groups is 2. The van der Waals surface area contributed by atoms with Gasteiger partial charge in [0.1, 0.15) is 12.2 Å². The van der Waals surface area contributed by atoms with Gasteiger partial charge >= 0.3 is 114 Å². The smallest absolute Gasteiger partial charge is 0.342 e. The zero-order valence-electron chi connectivity index (χ0n) is 20.5. The van der Waals surface area contributed by atoms with Crippen molar-refractivity contribution in [2.24, 2.45) is 5.92 Å². The third-order valence-corrected chi connectivity index (χ3v) is 5.73. The molecule has 0 radical (unpaired) electrons. The van der Waals surface area contributed by atoms with Crippen LogP contribution in [0.15, 0.2) is 0 Å². The first-order valence-corrected chi connectivity index (χ1v) is 13.7. The molecule has 0 saturated carbocycles. The van der Waals surface area contributed by atoms with Gasteiger partial charge in [-0.1, -0.05) is 33.1 Å². The monoisotopic (exact) mass is 438 g/mol. The molecule has 0 aliphatic heterocycles. The third kappa shape index (κ3) is 26.1. The Kier molecular flexibility index (Phi) is 25.5. The second-order valence-electron chi connectivity index (χ2n) is 8.87. The van der Waals surface area contributed by atoms with E-state index in [0.29, 0.717) is 0 Å². The van der Waals surface area contributed by atoms with Crippen LogP contribution in [0.3, 0.4) is 0 Å². The Labute approximate surface area is 203 Å². The average Bonchev–Trinajstić information content (AvgIpc) is 2.68. The van der Waals surface area contributed by atoms with Crippen LogP contribution in [0.2, 0.25) is 3.67 Å². The molecule has 0 amide bonds. The SMILES string of the molecule is CC(C)CCCCCCCCCCCCCC[CH2][Na].CC(O)C(=O)OC(=O)C(C)O. The fraction of sp³-hybridized carbons (Fsp3) is 0.917. The van der Waals surface area contributed by atoms with E-state index in [1.807, 2.05) is 0 Å². The normalized spacial score (nSPS) is 12.8. The fourth-order valence-corrected chi connectivity index (χ4v) is 3.52. The van der Waals surface area contributed by atoms with Gasteiger partial charge in [-0.05, 0) is 19.8 Å². The predicted molar refractivity (Wildman–Crippen MR) is 124 cm³/mol. The second kappa shape index (κ2) is 23.7. The summed E-state index contributed by atoms with van der Waals surface area (Å²) < 4.78 is 5.51. The molecule has 2 atom stereocenters. The first-order chi connectivity index (χ1) is 14.2. The van der Waals surface area contributed by atoms with E-state index in [9.17, 15) is 9.59 Å². The summed E-state index contributed by atoms with van der Waals surface area (Å²) in [5.74, 6) is -1.22. The second-order valence-corrected chi connectivity index (χ2v) is 9.87. The van der Waals surface area contributed by atoms with Gasteiger partial charge in [-0.2, -0.15) is 0 Å². The summed E-state index contributed by atoms with van der Waals surface area (Å²) in [5, 5.41) is 17.1. The number of ether oxygens (including phenoxy) is 1. The van der Waals surface area contributed by atoms with Crippen LogP contribution in [0.4, 0.5) is 0 Å². The molecule has 174 valence electrons. The zero-order chi connectivity index (χ0) is 23.2. The van der Waals surface area contributed by atoms with Gasteiger partial charge in [0, 0.05) is 0 Å². The van der Waals surface area contributed by atoms with E-state index >= 15 is 0 Å². The van der Waals surface area contributed by atoms with Crippen LogP contribution < -0.4 is 0 Å². The number of esters is 2. The van der Waals surface area contributed by atoms with Crippen molar-refractivity contribution in [3.63, 3.8) is 0 Å². The third-order valence-electron chi connectivity index (χ3n) is 5.02. The van der Waals surface area contributed by atoms with Crippen molar-refractivity contribution in [2.75, 3.05) is 0 Å². The minimum Gasteiger partial charge on any atom is -0.389 e. The van der Waals surface area contributed by atoms with Gasteiger partial charge in [-0.25, -0.2) is 9.59 Å². The van der Waals surface area contributed by atoms with Crippen LogP contribution in [0.25, 0.3) is 0 Å². The summed E-state index contributed by atoms with van der Waals surface area (Å²) in [4.78, 5) is 20.9. The summed E-state index contributed by atoms with van der Waals surface area (Å²) >= 11 is 1.41. The first kappa shape index (κ1) is 32.2. The molecule has 0 fully saturated rings. The Hall–Kier alpha value is 0.0600. The van der Waals surface area contributed by atoms with E-state index < -0.39 is 24.1 Å². The number of rotatable bonds is 17. The Balaban J connectivity index is 0. The first-order valence-electron chi connectivity index (χ1n) is 12.3. The molecule has 30 heavy (non-hydrogen) atoms. The summed E-state index contributed by atoms with van der Waals surface area (Å²) in [6, 6.07) is 0. The Morgan fingerprint density at radius 1 is 0.633 bits per heavy atom. The van der Waals surface area contributed by atoms with Crippen molar-refractivity contribution in [2.45, 2.75) is 133 Å². The molecule has 0 aromatic heterocycles. The Bertz CT molecular complexity index is 379. The van der Waals surface area contributed by atoms with E-state index in [-0.39, 0.29) is 0 Å². The van der Waals surface area contributed by atoms with Gasteiger partial charge in [0.25, 0.3) is 0 Å². The molecule has 2 unspecified atom stereocenters. The molecule has 0 saturated heterocycles. The number of carbonyl (C=O) groups is 2. The molecule has 0 aromatic carbocycles. The van der Waals surface area contributed by atoms with E-state index in [1.165, 1.54) is 121 Å². The summed E-state index contributed by atoms with van der Waals surface area (Å²) in [5.41, 5.74) is 0. The number of hydrogen-bond donors (Lipinski definition) is 2. The van der Waals surface area contributed by atoms with Crippen molar-refractivity contribution in [3.8, 4) is 0 Å². The van der Waals surface area contributed by atoms with Crippen LogP contribution in [-0.2, 0) is 14.3 Å². The maximum atomic E-state index is 10.5. The largest absolute Gasteiger partial charge is 0.389 e. The number of hydrogen-bond acceptors (Lipinski definition) is 5. The molecule has 0 bridgehead atoms. The van der Waals surface area contributed by atoms with Crippen molar-refractivity contribution in [1.29, 1.82) is 0 Å². The van der Waals surface area contributed by atoms with Crippen molar-refractivity contribution in [1.82, 2.24) is 0 Å². The standard InChI is InChI=1S/C18H37.C6H10O5.Na/c1-4-5-6-7-8-9-10-11-12-13-14-15-16-17-18(2)3;1-3(7)5(9)11-6(10)4(2)8;/h18H,1,4-17H2,2-3H3;3-4,7-8H,1-2H3;. The van der Waals surface area contributed by atoms with Crippen LogP contribution in [0, 0.1) is 5.92 Å². The van der Waals surface area contributed by atoms with Gasteiger partial charge in [0.05, 0.1) is 0 Å². The molecule has 2 N–H and O–H groups in total. The van der Waals surface area contributed by atoms with E-state index in [4.69, 9.17) is 10.2 Å². The molecule has 5 nitrogen and oxygen atoms in total. The van der Waals surface area contributed by atoms with E-state index in [0.717, 1.165) is 19.8 Å². The molecule has 6 heteroatoms. The Morgan fingerprint density at radius 2 is 0.933 bits per heavy atom. The van der Waals surface area contributed by atoms with Crippen LogP contribution in [0.5, 0.6) is 0 Å².